The number of ether oxygens (including phenoxy) is 1. The van der Waals surface area contributed by atoms with Gasteiger partial charge in [0.15, 0.2) is 0 Å². The second-order valence-electron chi connectivity index (χ2n) is 6.38. The van der Waals surface area contributed by atoms with Gasteiger partial charge < -0.3 is 15.4 Å². The fraction of sp³-hybridized carbons (Fsp3) is 0.611. The molecule has 1 aromatic rings. The van der Waals surface area contributed by atoms with Gasteiger partial charge in [0.05, 0.1) is 18.8 Å². The Morgan fingerprint density at radius 3 is 2.28 bits per heavy atom. The Morgan fingerprint density at radius 2 is 1.72 bits per heavy atom. The van der Waals surface area contributed by atoms with Crippen molar-refractivity contribution >= 4 is 30.7 Å². The molecule has 0 saturated carbocycles. The molecule has 1 saturated heterocycles. The van der Waals surface area contributed by atoms with Gasteiger partial charge in [-0.3, -0.25) is 9.69 Å². The fourth-order valence-corrected chi connectivity index (χ4v) is 2.80. The van der Waals surface area contributed by atoms with Crippen LogP contribution in [0.2, 0.25) is 0 Å². The third-order valence-corrected chi connectivity index (χ3v) is 4.16. The van der Waals surface area contributed by atoms with Crippen LogP contribution < -0.4 is 5.73 Å². The highest BCUT2D eigenvalue weighted by molar-refractivity contribution is 5.85. The van der Waals surface area contributed by atoms with E-state index in [4.69, 9.17) is 10.5 Å². The van der Waals surface area contributed by atoms with Gasteiger partial charge in [-0.05, 0) is 25.8 Å². The molecule has 0 bridgehead atoms. The fourth-order valence-electron chi connectivity index (χ4n) is 2.80. The molecule has 7 heteroatoms. The van der Waals surface area contributed by atoms with Crippen molar-refractivity contribution in [3.63, 3.8) is 0 Å². The Balaban J connectivity index is 0.00000288. The van der Waals surface area contributed by atoms with Gasteiger partial charge in [0.25, 0.3) is 0 Å². The number of nitrogens with zero attached hydrogens (tertiary/aromatic N) is 2. The number of hydrogen-bond acceptors (Lipinski definition) is 4. The number of rotatable bonds is 7. The van der Waals surface area contributed by atoms with Gasteiger partial charge in [-0.1, -0.05) is 30.3 Å². The molecule has 1 amide bonds. The monoisotopic (exact) mass is 391 g/mol. The summed E-state index contributed by atoms with van der Waals surface area (Å²) in [4.78, 5) is 16.7. The lowest BCUT2D eigenvalue weighted by molar-refractivity contribution is -0.134. The zero-order valence-electron chi connectivity index (χ0n) is 15.1. The van der Waals surface area contributed by atoms with Crippen LogP contribution in [0.25, 0.3) is 0 Å². The third-order valence-electron chi connectivity index (χ3n) is 4.16. The van der Waals surface area contributed by atoms with E-state index < -0.39 is 6.04 Å². The summed E-state index contributed by atoms with van der Waals surface area (Å²) in [5.41, 5.74) is 7.21. The molecule has 1 fully saturated rings. The molecule has 1 atom stereocenters. The van der Waals surface area contributed by atoms with Crippen molar-refractivity contribution in [3.05, 3.63) is 35.9 Å². The molecular formula is C18H31Cl2N3O2. The van der Waals surface area contributed by atoms with Gasteiger partial charge in [-0.25, -0.2) is 0 Å². The van der Waals surface area contributed by atoms with E-state index in [1.807, 2.05) is 49.1 Å². The van der Waals surface area contributed by atoms with Crippen molar-refractivity contribution < 1.29 is 9.53 Å². The van der Waals surface area contributed by atoms with Crippen LogP contribution in [0.3, 0.4) is 0 Å². The molecule has 0 aliphatic carbocycles. The maximum Gasteiger partial charge on any atom is 0.239 e. The zero-order chi connectivity index (χ0) is 16.7. The van der Waals surface area contributed by atoms with Gasteiger partial charge in [-0.2, -0.15) is 0 Å². The van der Waals surface area contributed by atoms with E-state index in [-0.39, 0.29) is 36.8 Å². The number of halogens is 2. The van der Waals surface area contributed by atoms with E-state index in [2.05, 4.69) is 4.90 Å². The molecule has 0 radical (unpaired) electrons. The van der Waals surface area contributed by atoms with E-state index in [1.54, 1.807) is 0 Å². The Kier molecular flexibility index (Phi) is 12.1. The van der Waals surface area contributed by atoms with Crippen LogP contribution in [0, 0.1) is 0 Å². The maximum atomic E-state index is 12.5. The number of carbonyl (C=O) groups is 1. The number of benzene rings is 1. The van der Waals surface area contributed by atoms with E-state index in [0.29, 0.717) is 6.42 Å². The van der Waals surface area contributed by atoms with E-state index in [9.17, 15) is 4.79 Å². The number of carbonyl (C=O) groups excluding carboxylic acids is 1. The number of piperazine rings is 1. The van der Waals surface area contributed by atoms with Crippen LogP contribution in [0.15, 0.2) is 30.3 Å². The summed E-state index contributed by atoms with van der Waals surface area (Å²) in [5.74, 6) is 0.0620. The van der Waals surface area contributed by atoms with Crippen LogP contribution in [0.5, 0.6) is 0 Å². The van der Waals surface area contributed by atoms with Crippen LogP contribution in [0.1, 0.15) is 19.4 Å². The SMILES string of the molecule is CC(C)OCCN1CCN(C(=O)C(N)Cc2ccccc2)CC1.Cl.Cl. The molecule has 2 rings (SSSR count). The summed E-state index contributed by atoms with van der Waals surface area (Å²) >= 11 is 0. The molecule has 1 aliphatic heterocycles. The van der Waals surface area contributed by atoms with Gasteiger partial charge in [0.2, 0.25) is 5.91 Å². The van der Waals surface area contributed by atoms with Crippen molar-refractivity contribution in [3.8, 4) is 0 Å². The Bertz CT molecular complexity index is 480. The lowest BCUT2D eigenvalue weighted by Crippen LogP contribution is -2.54. The minimum Gasteiger partial charge on any atom is -0.377 e. The predicted molar refractivity (Wildman–Crippen MR) is 107 cm³/mol. The first-order valence-electron chi connectivity index (χ1n) is 8.48. The van der Waals surface area contributed by atoms with E-state index in [1.165, 1.54) is 0 Å². The molecule has 1 aromatic carbocycles. The first-order valence-corrected chi connectivity index (χ1v) is 8.48. The van der Waals surface area contributed by atoms with E-state index >= 15 is 0 Å². The summed E-state index contributed by atoms with van der Waals surface area (Å²) in [5, 5.41) is 0. The third kappa shape index (κ3) is 8.38. The van der Waals surface area contributed by atoms with Gasteiger partial charge in [0, 0.05) is 32.7 Å². The molecule has 2 N–H and O–H groups in total. The van der Waals surface area contributed by atoms with Crippen molar-refractivity contribution in [2.75, 3.05) is 39.3 Å². The lowest BCUT2D eigenvalue weighted by atomic mass is 10.1. The highest BCUT2D eigenvalue weighted by Crippen LogP contribution is 2.07. The molecule has 144 valence electrons. The summed E-state index contributed by atoms with van der Waals surface area (Å²) in [6.07, 6.45) is 0.871. The largest absolute Gasteiger partial charge is 0.377 e. The number of nitrogens with two attached hydrogens (primary N) is 1. The van der Waals surface area contributed by atoms with Gasteiger partial charge in [-0.15, -0.1) is 24.8 Å². The average molecular weight is 392 g/mol. The number of amides is 1. The molecule has 1 unspecified atom stereocenters. The second kappa shape index (κ2) is 12.5. The maximum absolute atomic E-state index is 12.5. The van der Waals surface area contributed by atoms with Crippen molar-refractivity contribution in [2.24, 2.45) is 5.73 Å². The molecule has 0 spiro atoms. The molecule has 1 heterocycles. The van der Waals surface area contributed by atoms with Gasteiger partial charge >= 0.3 is 0 Å². The minimum atomic E-state index is -0.451. The molecular weight excluding hydrogens is 361 g/mol. The van der Waals surface area contributed by atoms with Crippen molar-refractivity contribution in [1.29, 1.82) is 0 Å². The van der Waals surface area contributed by atoms with Crippen LogP contribution >= 0.6 is 24.8 Å². The smallest absolute Gasteiger partial charge is 0.239 e. The second-order valence-corrected chi connectivity index (χ2v) is 6.38. The molecule has 5 nitrogen and oxygen atoms in total. The average Bonchev–Trinajstić information content (AvgIpc) is 2.55. The Morgan fingerprint density at radius 1 is 1.12 bits per heavy atom. The molecule has 25 heavy (non-hydrogen) atoms. The summed E-state index contributed by atoms with van der Waals surface area (Å²) in [6.45, 7) is 9.06. The topological polar surface area (TPSA) is 58.8 Å². The summed E-state index contributed by atoms with van der Waals surface area (Å²) in [7, 11) is 0. The zero-order valence-corrected chi connectivity index (χ0v) is 16.7. The summed E-state index contributed by atoms with van der Waals surface area (Å²) < 4.78 is 5.58. The molecule has 0 aromatic heterocycles. The predicted octanol–water partition coefficient (Wildman–Crippen LogP) is 1.97. The first-order chi connectivity index (χ1) is 11.1. The van der Waals surface area contributed by atoms with Crippen LogP contribution in [0.4, 0.5) is 0 Å². The van der Waals surface area contributed by atoms with Crippen LogP contribution in [-0.2, 0) is 16.0 Å². The van der Waals surface area contributed by atoms with Crippen LogP contribution in [-0.4, -0.2) is 67.2 Å². The highest BCUT2D eigenvalue weighted by Gasteiger charge is 2.25. The highest BCUT2D eigenvalue weighted by atomic mass is 35.5. The summed E-state index contributed by atoms with van der Waals surface area (Å²) in [6, 6.07) is 9.50. The quantitative estimate of drug-likeness (QED) is 0.771. The Hall–Kier alpha value is -0.850. The van der Waals surface area contributed by atoms with Gasteiger partial charge in [0.1, 0.15) is 0 Å². The standard InChI is InChI=1S/C18H29N3O2.2ClH/c1-15(2)23-13-12-20-8-10-21(11-9-20)18(22)17(19)14-16-6-4-3-5-7-16;;/h3-7,15,17H,8-14,19H2,1-2H3;2*1H. The number of hydrogen-bond donors (Lipinski definition) is 1. The normalized spacial score (nSPS) is 16.1. The minimum absolute atomic E-state index is 0. The lowest BCUT2D eigenvalue weighted by Gasteiger charge is -2.36. The molecule has 1 aliphatic rings. The van der Waals surface area contributed by atoms with Crippen molar-refractivity contribution in [1.82, 2.24) is 9.80 Å². The first kappa shape index (κ1) is 24.1. The van der Waals surface area contributed by atoms with Crippen molar-refractivity contribution in [2.45, 2.75) is 32.4 Å². The Labute approximate surface area is 163 Å². The van der Waals surface area contributed by atoms with E-state index in [0.717, 1.165) is 44.9 Å².